The number of nitrogen functional groups attached to an aromatic ring is 1. The van der Waals surface area contributed by atoms with Crippen LogP contribution >= 0.6 is 0 Å². The van der Waals surface area contributed by atoms with Crippen LogP contribution in [0.3, 0.4) is 0 Å². The van der Waals surface area contributed by atoms with Crippen molar-refractivity contribution in [3.8, 4) is 0 Å². The second-order valence-corrected chi connectivity index (χ2v) is 7.02. The van der Waals surface area contributed by atoms with Gasteiger partial charge in [-0.25, -0.2) is 18.2 Å². The zero-order valence-corrected chi connectivity index (χ0v) is 11.9. The Morgan fingerprint density at radius 2 is 2.10 bits per heavy atom. The summed E-state index contributed by atoms with van der Waals surface area (Å²) < 4.78 is 27.3. The van der Waals surface area contributed by atoms with Gasteiger partial charge in [-0.15, -0.1) is 0 Å². The summed E-state index contributed by atoms with van der Waals surface area (Å²) in [5, 5.41) is 3.13. The van der Waals surface area contributed by atoms with E-state index in [0.29, 0.717) is 18.7 Å². The Morgan fingerprint density at radius 1 is 1.45 bits per heavy atom. The predicted molar refractivity (Wildman–Crippen MR) is 75.3 cm³/mol. The average Bonchev–Trinajstić information content (AvgIpc) is 2.42. The summed E-state index contributed by atoms with van der Waals surface area (Å²) in [5.41, 5.74) is 6.15. The number of hydrogen-bond donors (Lipinski definition) is 2. The second kappa shape index (κ2) is 5.66. The molecule has 0 unspecified atom stereocenters. The van der Waals surface area contributed by atoms with Crippen molar-refractivity contribution in [3.63, 3.8) is 0 Å². The minimum absolute atomic E-state index is 0.0279. The van der Waals surface area contributed by atoms with E-state index in [1.54, 1.807) is 0 Å². The first-order valence-electron chi connectivity index (χ1n) is 6.22. The van der Waals surface area contributed by atoms with Gasteiger partial charge in [0, 0.05) is 6.04 Å². The third-order valence-electron chi connectivity index (χ3n) is 3.25. The molecular formula is C12H17N3O4S. The highest BCUT2D eigenvalue weighted by Crippen LogP contribution is 2.20. The van der Waals surface area contributed by atoms with Gasteiger partial charge in [-0.2, -0.15) is 0 Å². The van der Waals surface area contributed by atoms with Crippen molar-refractivity contribution in [2.24, 2.45) is 0 Å². The standard InChI is InChI=1S/C12H17N3O4S/c1-19-12(16)9-6-11(14-7-10(9)13)15-8-2-4-20(17,18)5-3-8/h6-8H,2-5,13H2,1H3,(H,14,15). The van der Waals surface area contributed by atoms with Crippen molar-refractivity contribution in [1.29, 1.82) is 0 Å². The lowest BCUT2D eigenvalue weighted by Crippen LogP contribution is -2.32. The number of nitrogens with one attached hydrogen (secondary N) is 1. The predicted octanol–water partition coefficient (Wildman–Crippen LogP) is 0.439. The minimum Gasteiger partial charge on any atom is -0.465 e. The quantitative estimate of drug-likeness (QED) is 0.779. The van der Waals surface area contributed by atoms with E-state index in [1.807, 2.05) is 0 Å². The summed E-state index contributed by atoms with van der Waals surface area (Å²) >= 11 is 0. The van der Waals surface area contributed by atoms with Crippen molar-refractivity contribution in [2.75, 3.05) is 29.7 Å². The molecule has 0 radical (unpaired) electrons. The molecule has 1 saturated heterocycles. The second-order valence-electron chi connectivity index (χ2n) is 4.72. The van der Waals surface area contributed by atoms with Gasteiger partial charge in [-0.05, 0) is 18.9 Å². The molecule has 1 aromatic heterocycles. The maximum absolute atomic E-state index is 11.5. The molecule has 20 heavy (non-hydrogen) atoms. The van der Waals surface area contributed by atoms with Crippen LogP contribution in [0.15, 0.2) is 12.3 Å². The third kappa shape index (κ3) is 3.38. The van der Waals surface area contributed by atoms with E-state index in [4.69, 9.17) is 5.73 Å². The smallest absolute Gasteiger partial charge is 0.340 e. The maximum atomic E-state index is 11.5. The lowest BCUT2D eigenvalue weighted by atomic mass is 10.1. The first kappa shape index (κ1) is 14.6. The largest absolute Gasteiger partial charge is 0.465 e. The van der Waals surface area contributed by atoms with Crippen molar-refractivity contribution >= 4 is 27.3 Å². The maximum Gasteiger partial charge on any atom is 0.340 e. The first-order chi connectivity index (χ1) is 9.41. The Morgan fingerprint density at radius 3 is 2.70 bits per heavy atom. The summed E-state index contributed by atoms with van der Waals surface area (Å²) in [6.45, 7) is 0. The number of anilines is 2. The Labute approximate surface area is 117 Å². The van der Waals surface area contributed by atoms with Crippen LogP contribution in [0.25, 0.3) is 0 Å². The minimum atomic E-state index is -2.89. The molecule has 1 fully saturated rings. The highest BCUT2D eigenvalue weighted by molar-refractivity contribution is 7.91. The topological polar surface area (TPSA) is 111 Å². The van der Waals surface area contributed by atoms with E-state index in [2.05, 4.69) is 15.0 Å². The molecule has 7 nitrogen and oxygen atoms in total. The van der Waals surface area contributed by atoms with Crippen molar-refractivity contribution < 1.29 is 17.9 Å². The fourth-order valence-corrected chi connectivity index (χ4v) is 3.57. The zero-order valence-electron chi connectivity index (χ0n) is 11.1. The summed E-state index contributed by atoms with van der Waals surface area (Å²) in [5.74, 6) is 0.301. The number of aromatic nitrogens is 1. The molecule has 2 heterocycles. The van der Waals surface area contributed by atoms with Crippen LogP contribution in [0, 0.1) is 0 Å². The van der Waals surface area contributed by atoms with Gasteiger partial charge >= 0.3 is 5.97 Å². The van der Waals surface area contributed by atoms with Crippen molar-refractivity contribution in [3.05, 3.63) is 17.8 Å². The number of nitrogens with zero attached hydrogens (tertiary/aromatic N) is 1. The van der Waals surface area contributed by atoms with E-state index in [1.165, 1.54) is 19.4 Å². The highest BCUT2D eigenvalue weighted by atomic mass is 32.2. The molecule has 0 amide bonds. The number of methoxy groups -OCH3 is 1. The molecule has 0 aliphatic carbocycles. The van der Waals surface area contributed by atoms with Crippen molar-refractivity contribution in [2.45, 2.75) is 18.9 Å². The summed E-state index contributed by atoms with van der Waals surface area (Å²) in [7, 11) is -1.62. The van der Waals surface area contributed by atoms with Crippen LogP contribution in [0.4, 0.5) is 11.5 Å². The molecule has 1 aliphatic rings. The molecule has 2 rings (SSSR count). The summed E-state index contributed by atoms with van der Waals surface area (Å²) in [4.78, 5) is 15.6. The summed E-state index contributed by atoms with van der Waals surface area (Å²) in [6, 6.07) is 1.55. The number of nitrogens with two attached hydrogens (primary N) is 1. The lowest BCUT2D eigenvalue weighted by Gasteiger charge is -2.23. The van der Waals surface area contributed by atoms with Gasteiger partial charge in [0.2, 0.25) is 0 Å². The number of esters is 1. The fraction of sp³-hybridized carbons (Fsp3) is 0.500. The van der Waals surface area contributed by atoms with Crippen LogP contribution < -0.4 is 11.1 Å². The van der Waals surface area contributed by atoms with Crippen molar-refractivity contribution in [1.82, 2.24) is 4.98 Å². The summed E-state index contributed by atoms with van der Waals surface area (Å²) in [6.07, 6.45) is 2.44. The number of carbonyl (C=O) groups excluding carboxylic acids is 1. The molecule has 0 spiro atoms. The van der Waals surface area contributed by atoms with Gasteiger partial charge in [-0.1, -0.05) is 0 Å². The number of pyridine rings is 1. The number of rotatable bonds is 3. The molecule has 0 atom stereocenters. The van der Waals surface area contributed by atoms with Crippen LogP contribution in [0.1, 0.15) is 23.2 Å². The van der Waals surface area contributed by atoms with Gasteiger partial charge in [0.1, 0.15) is 15.7 Å². The fourth-order valence-electron chi connectivity index (χ4n) is 2.08. The lowest BCUT2D eigenvalue weighted by molar-refractivity contribution is 0.0602. The molecule has 3 N–H and O–H groups in total. The van der Waals surface area contributed by atoms with E-state index < -0.39 is 15.8 Å². The highest BCUT2D eigenvalue weighted by Gasteiger charge is 2.24. The van der Waals surface area contributed by atoms with Gasteiger partial charge < -0.3 is 15.8 Å². The first-order valence-corrected chi connectivity index (χ1v) is 8.04. The van der Waals surface area contributed by atoms with Crippen LogP contribution in [0.2, 0.25) is 0 Å². The van der Waals surface area contributed by atoms with Crippen LogP contribution in [0.5, 0.6) is 0 Å². The normalized spacial score (nSPS) is 18.4. The molecular weight excluding hydrogens is 282 g/mol. The number of carbonyl (C=O) groups is 1. The third-order valence-corrected chi connectivity index (χ3v) is 4.96. The number of ether oxygens (including phenoxy) is 1. The Kier molecular flexibility index (Phi) is 4.12. The van der Waals surface area contributed by atoms with E-state index in [9.17, 15) is 13.2 Å². The molecule has 0 aromatic carbocycles. The monoisotopic (exact) mass is 299 g/mol. The molecule has 8 heteroatoms. The SMILES string of the molecule is COC(=O)c1cc(NC2CCS(=O)(=O)CC2)ncc1N. The molecule has 110 valence electrons. The average molecular weight is 299 g/mol. The Hall–Kier alpha value is -1.83. The van der Waals surface area contributed by atoms with E-state index >= 15 is 0 Å². The van der Waals surface area contributed by atoms with Gasteiger partial charge in [-0.3, -0.25) is 0 Å². The van der Waals surface area contributed by atoms with Gasteiger partial charge in [0.05, 0.1) is 36.1 Å². The molecule has 1 aromatic rings. The van der Waals surface area contributed by atoms with E-state index in [0.717, 1.165) is 0 Å². The van der Waals surface area contributed by atoms with Crippen LogP contribution in [-0.2, 0) is 14.6 Å². The van der Waals surface area contributed by atoms with Crippen LogP contribution in [-0.4, -0.2) is 44.0 Å². The van der Waals surface area contributed by atoms with Gasteiger partial charge in [0.15, 0.2) is 0 Å². The number of sulfone groups is 1. The molecule has 0 bridgehead atoms. The molecule has 1 aliphatic heterocycles. The number of hydrogen-bond acceptors (Lipinski definition) is 7. The zero-order chi connectivity index (χ0) is 14.8. The Bertz CT molecular complexity index is 601. The Balaban J connectivity index is 2.09. The van der Waals surface area contributed by atoms with E-state index in [-0.39, 0.29) is 28.8 Å². The molecule has 0 saturated carbocycles. The van der Waals surface area contributed by atoms with Gasteiger partial charge in [0.25, 0.3) is 0 Å².